The van der Waals surface area contributed by atoms with Crippen molar-refractivity contribution in [2.24, 2.45) is 5.92 Å². The zero-order valence-electron chi connectivity index (χ0n) is 10.8. The highest BCUT2D eigenvalue weighted by atomic mass is 16.5. The van der Waals surface area contributed by atoms with Crippen LogP contribution in [0, 0.1) is 5.92 Å². The molecule has 0 aliphatic carbocycles. The van der Waals surface area contributed by atoms with E-state index in [0.717, 1.165) is 30.4 Å². The molecule has 16 heavy (non-hydrogen) atoms. The highest BCUT2D eigenvalue weighted by Crippen LogP contribution is 2.21. The molecule has 0 heterocycles. The molecule has 1 unspecified atom stereocenters. The van der Waals surface area contributed by atoms with Gasteiger partial charge in [-0.15, -0.1) is 6.58 Å². The summed E-state index contributed by atoms with van der Waals surface area (Å²) in [6.07, 6.45) is 3.20. The van der Waals surface area contributed by atoms with Crippen molar-refractivity contribution in [1.82, 2.24) is 0 Å². The summed E-state index contributed by atoms with van der Waals surface area (Å²) in [5.74, 6) is 0.109. The molecule has 0 aliphatic heterocycles. The van der Waals surface area contributed by atoms with E-state index < -0.39 is 0 Å². The second-order valence-corrected chi connectivity index (χ2v) is 4.46. The zero-order chi connectivity index (χ0) is 12.6. The molecule has 0 fully saturated rings. The van der Waals surface area contributed by atoms with Crippen LogP contribution in [0.5, 0.6) is 0 Å². The van der Waals surface area contributed by atoms with Gasteiger partial charge < -0.3 is 4.74 Å². The van der Waals surface area contributed by atoms with Crippen LogP contribution < -0.4 is 0 Å². The molecular formula is C14H24O2. The van der Waals surface area contributed by atoms with E-state index in [0.29, 0.717) is 13.0 Å². The van der Waals surface area contributed by atoms with E-state index in [1.807, 2.05) is 20.8 Å². The number of hydrogen-bond acceptors (Lipinski definition) is 2. The zero-order valence-corrected chi connectivity index (χ0v) is 10.8. The molecule has 0 saturated carbocycles. The van der Waals surface area contributed by atoms with Crippen LogP contribution in [-0.4, -0.2) is 12.6 Å². The molecule has 0 aromatic heterocycles. The molecule has 0 aliphatic rings. The van der Waals surface area contributed by atoms with E-state index in [2.05, 4.69) is 13.2 Å². The normalized spacial score (nSPS) is 11.9. The largest absolute Gasteiger partial charge is 0.466 e. The van der Waals surface area contributed by atoms with Crippen LogP contribution in [0.3, 0.4) is 0 Å². The Balaban J connectivity index is 4.07. The van der Waals surface area contributed by atoms with Crippen LogP contribution in [0.25, 0.3) is 0 Å². The Morgan fingerprint density at radius 3 is 2.38 bits per heavy atom. The Labute approximate surface area is 99.4 Å². The van der Waals surface area contributed by atoms with Gasteiger partial charge in [0.15, 0.2) is 0 Å². The molecule has 0 bridgehead atoms. The summed E-state index contributed by atoms with van der Waals surface area (Å²) in [6.45, 7) is 14.3. The molecule has 92 valence electrons. The van der Waals surface area contributed by atoms with Gasteiger partial charge in [-0.05, 0) is 39.0 Å². The number of hydrogen-bond donors (Lipinski definition) is 0. The number of carbonyl (C=O) groups is 1. The maximum atomic E-state index is 11.5. The summed E-state index contributed by atoms with van der Waals surface area (Å²) >= 11 is 0. The predicted molar refractivity (Wildman–Crippen MR) is 68.2 cm³/mol. The molecule has 0 aromatic carbocycles. The van der Waals surface area contributed by atoms with Crippen LogP contribution in [-0.2, 0) is 9.53 Å². The topological polar surface area (TPSA) is 26.3 Å². The lowest BCUT2D eigenvalue weighted by atomic mass is 9.91. The Hall–Kier alpha value is -1.05. The fourth-order valence-corrected chi connectivity index (χ4v) is 1.42. The molecular weight excluding hydrogens is 200 g/mol. The van der Waals surface area contributed by atoms with Crippen molar-refractivity contribution < 1.29 is 9.53 Å². The molecule has 0 spiro atoms. The first-order valence-electron chi connectivity index (χ1n) is 5.92. The molecule has 0 saturated heterocycles. The second kappa shape index (κ2) is 8.14. The van der Waals surface area contributed by atoms with E-state index in [-0.39, 0.29) is 11.9 Å². The lowest BCUT2D eigenvalue weighted by Gasteiger charge is -2.16. The van der Waals surface area contributed by atoms with E-state index in [9.17, 15) is 4.79 Å². The van der Waals surface area contributed by atoms with Gasteiger partial charge in [-0.1, -0.05) is 24.6 Å². The first-order valence-corrected chi connectivity index (χ1v) is 5.92. The predicted octanol–water partition coefficient (Wildman–Crippen LogP) is 3.88. The molecule has 2 heteroatoms. The van der Waals surface area contributed by atoms with E-state index in [1.54, 1.807) is 0 Å². The van der Waals surface area contributed by atoms with Gasteiger partial charge in [0.05, 0.1) is 13.0 Å². The summed E-state index contributed by atoms with van der Waals surface area (Å²) in [5.41, 5.74) is 2.20. The summed E-state index contributed by atoms with van der Waals surface area (Å²) in [6, 6.07) is 0. The third-order valence-corrected chi connectivity index (χ3v) is 2.50. The minimum atomic E-state index is -0.114. The van der Waals surface area contributed by atoms with Crippen LogP contribution >= 0.6 is 0 Å². The van der Waals surface area contributed by atoms with E-state index in [1.165, 1.54) is 0 Å². The maximum Gasteiger partial charge on any atom is 0.306 e. The first-order chi connectivity index (χ1) is 7.47. The monoisotopic (exact) mass is 224 g/mol. The van der Waals surface area contributed by atoms with Crippen molar-refractivity contribution in [2.75, 3.05) is 6.61 Å². The number of rotatable bonds is 8. The maximum absolute atomic E-state index is 11.5. The van der Waals surface area contributed by atoms with Gasteiger partial charge in [0, 0.05) is 0 Å². The third kappa shape index (κ3) is 7.27. The van der Waals surface area contributed by atoms with Crippen molar-refractivity contribution in [3.63, 3.8) is 0 Å². The number of esters is 1. The first kappa shape index (κ1) is 14.9. The van der Waals surface area contributed by atoms with Crippen LogP contribution in [0.1, 0.15) is 46.5 Å². The molecule has 0 amide bonds. The standard InChI is InChI=1S/C14H24O2/c1-6-9-16-14(15)10-13(12(4)5)8-7-11(2)3/h13H,2,4,6-10H2,1,3,5H3. The lowest BCUT2D eigenvalue weighted by Crippen LogP contribution is -2.13. The average molecular weight is 224 g/mol. The number of carbonyl (C=O) groups excluding carboxylic acids is 1. The van der Waals surface area contributed by atoms with Gasteiger partial charge in [-0.3, -0.25) is 4.79 Å². The Morgan fingerprint density at radius 2 is 1.94 bits per heavy atom. The average Bonchev–Trinajstić information content (AvgIpc) is 2.20. The van der Waals surface area contributed by atoms with Crippen molar-refractivity contribution in [1.29, 1.82) is 0 Å². The van der Waals surface area contributed by atoms with E-state index in [4.69, 9.17) is 4.74 Å². The molecule has 0 radical (unpaired) electrons. The SMILES string of the molecule is C=C(C)CCC(CC(=O)OCCC)C(=C)C. The summed E-state index contributed by atoms with van der Waals surface area (Å²) in [5, 5.41) is 0. The van der Waals surface area contributed by atoms with Crippen LogP contribution in [0.15, 0.2) is 24.3 Å². The fourth-order valence-electron chi connectivity index (χ4n) is 1.42. The Kier molecular flexibility index (Phi) is 7.61. The molecule has 0 aromatic rings. The Morgan fingerprint density at radius 1 is 1.31 bits per heavy atom. The van der Waals surface area contributed by atoms with Crippen LogP contribution in [0.2, 0.25) is 0 Å². The van der Waals surface area contributed by atoms with Crippen molar-refractivity contribution in [3.8, 4) is 0 Å². The van der Waals surface area contributed by atoms with E-state index >= 15 is 0 Å². The number of ether oxygens (including phenoxy) is 1. The molecule has 0 rings (SSSR count). The summed E-state index contributed by atoms with van der Waals surface area (Å²) in [4.78, 5) is 11.5. The van der Waals surface area contributed by atoms with Gasteiger partial charge in [-0.25, -0.2) is 0 Å². The molecule has 1 atom stereocenters. The summed E-state index contributed by atoms with van der Waals surface area (Å²) in [7, 11) is 0. The van der Waals surface area contributed by atoms with Crippen molar-refractivity contribution in [3.05, 3.63) is 24.3 Å². The van der Waals surface area contributed by atoms with Crippen LogP contribution in [0.4, 0.5) is 0 Å². The van der Waals surface area contributed by atoms with Crippen molar-refractivity contribution in [2.45, 2.75) is 46.5 Å². The smallest absolute Gasteiger partial charge is 0.306 e. The minimum Gasteiger partial charge on any atom is -0.466 e. The van der Waals surface area contributed by atoms with Gasteiger partial charge in [-0.2, -0.15) is 0 Å². The Bertz CT molecular complexity index is 253. The third-order valence-electron chi connectivity index (χ3n) is 2.50. The molecule has 2 nitrogen and oxygen atoms in total. The van der Waals surface area contributed by atoms with Crippen molar-refractivity contribution >= 4 is 5.97 Å². The minimum absolute atomic E-state index is 0.114. The van der Waals surface area contributed by atoms with Gasteiger partial charge in [0.25, 0.3) is 0 Å². The quantitative estimate of drug-likeness (QED) is 0.462. The lowest BCUT2D eigenvalue weighted by molar-refractivity contribution is -0.144. The van der Waals surface area contributed by atoms with Gasteiger partial charge in [0.2, 0.25) is 0 Å². The summed E-state index contributed by atoms with van der Waals surface area (Å²) < 4.78 is 5.08. The van der Waals surface area contributed by atoms with Gasteiger partial charge in [0.1, 0.15) is 0 Å². The fraction of sp³-hybridized carbons (Fsp3) is 0.643. The highest BCUT2D eigenvalue weighted by Gasteiger charge is 2.15. The van der Waals surface area contributed by atoms with Gasteiger partial charge >= 0.3 is 5.97 Å². The molecule has 0 N–H and O–H groups in total. The highest BCUT2D eigenvalue weighted by molar-refractivity contribution is 5.70. The number of allylic oxidation sites excluding steroid dienone is 2. The second-order valence-electron chi connectivity index (χ2n) is 4.46.